The zero-order valence-corrected chi connectivity index (χ0v) is 17.9. The normalized spacial score (nSPS) is 18.2. The van der Waals surface area contributed by atoms with Gasteiger partial charge in [0.05, 0.1) is 11.7 Å². The fourth-order valence-corrected chi connectivity index (χ4v) is 4.56. The molecule has 156 valence electrons. The quantitative estimate of drug-likeness (QED) is 0.484. The summed E-state index contributed by atoms with van der Waals surface area (Å²) in [7, 11) is 1.61. The number of benzene rings is 1. The van der Waals surface area contributed by atoms with Crippen molar-refractivity contribution >= 4 is 5.57 Å². The Labute approximate surface area is 174 Å². The molecule has 0 bridgehead atoms. The fraction of sp³-hybridized carbons (Fsp3) is 0.440. The van der Waals surface area contributed by atoms with Crippen molar-refractivity contribution in [1.29, 1.82) is 0 Å². The standard InChI is InChI=1S/C25H34FN3/c1-16-14-17(2)23-22(15-16)28-18(3)24(23)21(29-19(4)25(26)27-5)13-9-12-20-10-7-6-8-11-20/h6-8,10-11,16,21,25,27-29H,2,4,9,12-15H2,1,3,5H3. The topological polar surface area (TPSA) is 39.9 Å². The van der Waals surface area contributed by atoms with Gasteiger partial charge in [0.1, 0.15) is 0 Å². The predicted octanol–water partition coefficient (Wildman–Crippen LogP) is 5.60. The molecule has 3 rings (SSSR count). The van der Waals surface area contributed by atoms with E-state index in [1.807, 2.05) is 6.07 Å². The lowest BCUT2D eigenvalue weighted by Gasteiger charge is -2.27. The molecule has 0 saturated carbocycles. The monoisotopic (exact) mass is 395 g/mol. The first-order chi connectivity index (χ1) is 13.9. The van der Waals surface area contributed by atoms with Crippen LogP contribution < -0.4 is 10.6 Å². The number of fused-ring (bicyclic) bond motifs is 1. The van der Waals surface area contributed by atoms with E-state index in [2.05, 4.69) is 66.9 Å². The number of aromatic amines is 1. The molecule has 1 heterocycles. The summed E-state index contributed by atoms with van der Waals surface area (Å²) in [4.78, 5) is 3.59. The van der Waals surface area contributed by atoms with Crippen LogP contribution in [0.3, 0.4) is 0 Å². The second-order valence-corrected chi connectivity index (χ2v) is 8.39. The SMILES string of the molecule is C=C1CC(C)Cc2[nH]c(C)c(C(CCCc3ccccc3)NC(=C)C(F)NC)c21. The molecule has 3 atom stereocenters. The minimum absolute atomic E-state index is 0.00275. The highest BCUT2D eigenvalue weighted by atomic mass is 19.1. The van der Waals surface area contributed by atoms with E-state index in [1.54, 1.807) is 7.05 Å². The van der Waals surface area contributed by atoms with E-state index >= 15 is 0 Å². The average molecular weight is 396 g/mol. The first-order valence-corrected chi connectivity index (χ1v) is 10.6. The first-order valence-electron chi connectivity index (χ1n) is 10.6. The third-order valence-corrected chi connectivity index (χ3v) is 5.88. The number of alkyl halides is 1. The van der Waals surface area contributed by atoms with E-state index in [9.17, 15) is 4.39 Å². The number of rotatable bonds is 9. The maximum absolute atomic E-state index is 14.2. The van der Waals surface area contributed by atoms with Crippen LogP contribution in [0.15, 0.2) is 49.2 Å². The van der Waals surface area contributed by atoms with E-state index in [0.717, 1.165) is 37.8 Å². The van der Waals surface area contributed by atoms with Crippen LogP contribution in [0.5, 0.6) is 0 Å². The molecular weight excluding hydrogens is 361 g/mol. The molecular formula is C25H34FN3. The zero-order valence-electron chi connectivity index (χ0n) is 17.9. The molecule has 29 heavy (non-hydrogen) atoms. The molecule has 3 N–H and O–H groups in total. The van der Waals surface area contributed by atoms with E-state index < -0.39 is 6.30 Å². The Bertz CT molecular complexity index is 852. The van der Waals surface area contributed by atoms with Crippen molar-refractivity contribution in [3.05, 3.63) is 77.3 Å². The number of aromatic nitrogens is 1. The molecule has 0 saturated heterocycles. The first kappa shape index (κ1) is 21.4. The molecule has 4 heteroatoms. The van der Waals surface area contributed by atoms with Crippen molar-refractivity contribution in [3.63, 3.8) is 0 Å². The second-order valence-electron chi connectivity index (χ2n) is 8.39. The van der Waals surface area contributed by atoms with E-state index in [0.29, 0.717) is 11.6 Å². The third kappa shape index (κ3) is 4.99. The molecule has 0 spiro atoms. The van der Waals surface area contributed by atoms with Crippen molar-refractivity contribution in [2.45, 2.75) is 58.3 Å². The molecule has 2 aromatic rings. The molecule has 1 aliphatic rings. The van der Waals surface area contributed by atoms with E-state index in [1.165, 1.54) is 28.0 Å². The highest BCUT2D eigenvalue weighted by Gasteiger charge is 2.29. The number of H-pyrrole nitrogens is 1. The Hall–Kier alpha value is -2.33. The molecule has 3 nitrogen and oxygen atoms in total. The van der Waals surface area contributed by atoms with Gasteiger partial charge in [-0.05, 0) is 63.1 Å². The number of allylic oxidation sites excluding steroid dienone is 1. The summed E-state index contributed by atoms with van der Waals surface area (Å²) >= 11 is 0. The van der Waals surface area contributed by atoms with Crippen LogP contribution >= 0.6 is 0 Å². The summed E-state index contributed by atoms with van der Waals surface area (Å²) < 4.78 is 14.2. The second kappa shape index (κ2) is 9.45. The van der Waals surface area contributed by atoms with Crippen molar-refractivity contribution in [3.8, 4) is 0 Å². The molecule has 0 fully saturated rings. The van der Waals surface area contributed by atoms with Crippen LogP contribution in [-0.4, -0.2) is 18.3 Å². The Morgan fingerprint density at radius 1 is 1.28 bits per heavy atom. The van der Waals surface area contributed by atoms with Gasteiger partial charge < -0.3 is 10.3 Å². The van der Waals surface area contributed by atoms with Gasteiger partial charge in [-0.1, -0.05) is 50.4 Å². The summed E-state index contributed by atoms with van der Waals surface area (Å²) in [6.07, 6.45) is 3.68. The molecule has 0 radical (unpaired) electrons. The molecule has 1 aromatic heterocycles. The third-order valence-electron chi connectivity index (χ3n) is 5.88. The summed E-state index contributed by atoms with van der Waals surface area (Å²) in [6, 6.07) is 10.5. The summed E-state index contributed by atoms with van der Waals surface area (Å²) in [5.41, 5.74) is 7.79. The lowest BCUT2D eigenvalue weighted by Crippen LogP contribution is -2.33. The average Bonchev–Trinajstić information content (AvgIpc) is 3.03. The van der Waals surface area contributed by atoms with Crippen LogP contribution in [0, 0.1) is 12.8 Å². The number of hydrogen-bond acceptors (Lipinski definition) is 2. The number of halogens is 1. The Balaban J connectivity index is 1.85. The molecule has 1 aromatic carbocycles. The maximum atomic E-state index is 14.2. The predicted molar refractivity (Wildman–Crippen MR) is 120 cm³/mol. The minimum Gasteiger partial charge on any atom is -0.378 e. The van der Waals surface area contributed by atoms with Gasteiger partial charge in [-0.15, -0.1) is 0 Å². The van der Waals surface area contributed by atoms with E-state index in [-0.39, 0.29) is 6.04 Å². The number of likely N-dealkylation sites (N-methyl/N-ethyl adjacent to an activating group) is 1. The van der Waals surface area contributed by atoms with Gasteiger partial charge in [-0.3, -0.25) is 5.32 Å². The van der Waals surface area contributed by atoms with Crippen molar-refractivity contribution < 1.29 is 4.39 Å². The van der Waals surface area contributed by atoms with Crippen LogP contribution in [0.1, 0.15) is 60.3 Å². The van der Waals surface area contributed by atoms with Crippen molar-refractivity contribution in [1.82, 2.24) is 15.6 Å². The highest BCUT2D eigenvalue weighted by Crippen LogP contribution is 2.40. The summed E-state index contributed by atoms with van der Waals surface area (Å²) in [6.45, 7) is 12.7. The van der Waals surface area contributed by atoms with Gasteiger partial charge in [-0.25, -0.2) is 4.39 Å². The van der Waals surface area contributed by atoms with Gasteiger partial charge in [0.25, 0.3) is 0 Å². The summed E-state index contributed by atoms with van der Waals surface area (Å²) in [5, 5.41) is 6.02. The Morgan fingerprint density at radius 2 is 2.00 bits per heavy atom. The van der Waals surface area contributed by atoms with Gasteiger partial charge in [0.15, 0.2) is 6.30 Å². The largest absolute Gasteiger partial charge is 0.378 e. The van der Waals surface area contributed by atoms with Gasteiger partial charge in [0.2, 0.25) is 0 Å². The molecule has 3 unspecified atom stereocenters. The lowest BCUT2D eigenvalue weighted by atomic mass is 9.82. The van der Waals surface area contributed by atoms with Gasteiger partial charge >= 0.3 is 0 Å². The van der Waals surface area contributed by atoms with Crippen molar-refractivity contribution in [2.24, 2.45) is 5.92 Å². The maximum Gasteiger partial charge on any atom is 0.190 e. The van der Waals surface area contributed by atoms with Crippen LogP contribution in [-0.2, 0) is 12.8 Å². The highest BCUT2D eigenvalue weighted by molar-refractivity contribution is 5.72. The fourth-order valence-electron chi connectivity index (χ4n) is 4.56. The Kier molecular flexibility index (Phi) is 6.96. The van der Waals surface area contributed by atoms with Gasteiger partial charge in [-0.2, -0.15) is 0 Å². The smallest absolute Gasteiger partial charge is 0.190 e. The number of hydrogen-bond donors (Lipinski definition) is 3. The van der Waals surface area contributed by atoms with Crippen LogP contribution in [0.4, 0.5) is 4.39 Å². The van der Waals surface area contributed by atoms with E-state index in [4.69, 9.17) is 0 Å². The lowest BCUT2D eigenvalue weighted by molar-refractivity contribution is 0.313. The Morgan fingerprint density at radius 3 is 2.69 bits per heavy atom. The van der Waals surface area contributed by atoms with Crippen LogP contribution in [0.25, 0.3) is 5.57 Å². The van der Waals surface area contributed by atoms with Gasteiger partial charge in [0, 0.05) is 22.5 Å². The van der Waals surface area contributed by atoms with Crippen molar-refractivity contribution in [2.75, 3.05) is 7.05 Å². The summed E-state index contributed by atoms with van der Waals surface area (Å²) in [5.74, 6) is 0.597. The number of nitrogens with one attached hydrogen (secondary N) is 3. The molecule has 0 amide bonds. The number of aryl methyl sites for hydroxylation is 2. The zero-order chi connectivity index (χ0) is 21.0. The minimum atomic E-state index is -1.27. The molecule has 1 aliphatic carbocycles. The van der Waals surface area contributed by atoms with Crippen LogP contribution in [0.2, 0.25) is 0 Å². The molecule has 0 aliphatic heterocycles.